The minimum atomic E-state index is -3.92. The van der Waals surface area contributed by atoms with Crippen LogP contribution in [0, 0.1) is 0 Å². The van der Waals surface area contributed by atoms with Gasteiger partial charge in [-0.25, -0.2) is 18.5 Å². The van der Waals surface area contributed by atoms with E-state index in [4.69, 9.17) is 15.9 Å². The van der Waals surface area contributed by atoms with Crippen molar-refractivity contribution < 1.29 is 13.5 Å². The lowest BCUT2D eigenvalue weighted by Gasteiger charge is -2.19. The Morgan fingerprint density at radius 1 is 1.00 bits per heavy atom. The molecule has 0 aliphatic rings. The van der Waals surface area contributed by atoms with Crippen molar-refractivity contribution in [3.63, 3.8) is 0 Å². The third-order valence-corrected chi connectivity index (χ3v) is 6.13. The summed E-state index contributed by atoms with van der Waals surface area (Å²) in [6.45, 7) is 3.85. The van der Waals surface area contributed by atoms with E-state index in [1.165, 1.54) is 12.1 Å². The van der Waals surface area contributed by atoms with Crippen LogP contribution in [-0.4, -0.2) is 24.2 Å². The monoisotopic (exact) mass is 448 g/mol. The van der Waals surface area contributed by atoms with E-state index in [1.54, 1.807) is 6.07 Å². The zero-order valence-corrected chi connectivity index (χ0v) is 18.5. The Morgan fingerprint density at radius 2 is 1.66 bits per heavy atom. The van der Waals surface area contributed by atoms with Crippen LogP contribution in [-0.2, 0) is 15.6 Å². The molecule has 0 aliphatic heterocycles. The molecular weight excluding hydrogens is 424 g/mol. The average molecular weight is 449 g/mol. The summed E-state index contributed by atoms with van der Waals surface area (Å²) in [5, 5.41) is 16.6. The summed E-state index contributed by atoms with van der Waals surface area (Å²) in [5.74, 6) is -0.117. The molecule has 3 aromatic carbocycles. The first-order chi connectivity index (χ1) is 15.0. The minimum Gasteiger partial charge on any atom is -0.494 e. The molecule has 0 fully saturated rings. The number of aromatic hydroxyl groups is 1. The molecule has 4 rings (SSSR count). The molecule has 0 atom stereocenters. The third kappa shape index (κ3) is 4.29. The van der Waals surface area contributed by atoms with Crippen LogP contribution in [0.4, 0.5) is 5.69 Å². The second kappa shape index (κ2) is 7.90. The van der Waals surface area contributed by atoms with Crippen LogP contribution in [0.25, 0.3) is 10.9 Å². The van der Waals surface area contributed by atoms with Crippen molar-refractivity contribution in [3.05, 3.63) is 89.5 Å². The molecule has 0 spiro atoms. The number of fused-ring (bicyclic) bond motifs is 1. The van der Waals surface area contributed by atoms with E-state index in [9.17, 15) is 13.5 Å². The Bertz CT molecular complexity index is 1420. The van der Waals surface area contributed by atoms with E-state index in [0.717, 1.165) is 11.1 Å². The van der Waals surface area contributed by atoms with Crippen LogP contribution in [0.2, 0.25) is 0 Å². The van der Waals surface area contributed by atoms with Gasteiger partial charge in [-0.05, 0) is 49.7 Å². The first-order valence-electron chi connectivity index (χ1n) is 9.95. The highest BCUT2D eigenvalue weighted by atomic mass is 32.2. The lowest BCUT2D eigenvalue weighted by Crippen LogP contribution is -2.28. The van der Waals surface area contributed by atoms with Crippen LogP contribution in [0.5, 0.6) is 5.88 Å². The zero-order valence-electron chi connectivity index (χ0n) is 17.7. The van der Waals surface area contributed by atoms with Crippen molar-refractivity contribution >= 4 is 32.3 Å². The molecule has 4 aromatic rings. The molecule has 8 heteroatoms. The largest absolute Gasteiger partial charge is 0.494 e. The number of aromatic amines is 1. The molecule has 0 bridgehead atoms. The van der Waals surface area contributed by atoms with Crippen LogP contribution >= 0.6 is 0 Å². The number of aromatic nitrogens is 1. The third-order valence-electron chi connectivity index (χ3n) is 5.22. The van der Waals surface area contributed by atoms with Gasteiger partial charge in [0.1, 0.15) is 0 Å². The Morgan fingerprint density at radius 3 is 2.25 bits per heavy atom. The van der Waals surface area contributed by atoms with Crippen LogP contribution in [0.1, 0.15) is 30.5 Å². The fourth-order valence-electron chi connectivity index (χ4n) is 3.53. The molecular formula is C24H24N4O3S. The maximum absolute atomic E-state index is 11.9. The van der Waals surface area contributed by atoms with Crippen molar-refractivity contribution in [2.24, 2.45) is 15.9 Å². The highest BCUT2D eigenvalue weighted by Crippen LogP contribution is 2.33. The highest BCUT2D eigenvalue weighted by Gasteiger charge is 2.21. The summed E-state index contributed by atoms with van der Waals surface area (Å²) in [4.78, 5) is 7.66. The van der Waals surface area contributed by atoms with Gasteiger partial charge in [0.05, 0.1) is 21.9 Å². The summed E-state index contributed by atoms with van der Waals surface area (Å²) in [7, 11) is -3.92. The van der Waals surface area contributed by atoms with E-state index in [1.807, 2.05) is 68.4 Å². The Labute approximate surface area is 186 Å². The molecule has 0 unspecified atom stereocenters. The number of nitrogens with two attached hydrogens (primary N) is 2. The predicted molar refractivity (Wildman–Crippen MR) is 127 cm³/mol. The molecule has 0 aliphatic carbocycles. The Balaban J connectivity index is 1.95. The molecule has 0 saturated carbocycles. The first kappa shape index (κ1) is 21.8. The smallest absolute Gasteiger partial charge is 0.238 e. The van der Waals surface area contributed by atoms with Crippen molar-refractivity contribution in [3.8, 4) is 5.88 Å². The number of H-pyrrole nitrogens is 1. The number of rotatable bonds is 5. The summed E-state index contributed by atoms with van der Waals surface area (Å²) in [6, 6.07) is 21.3. The predicted octanol–water partition coefficient (Wildman–Crippen LogP) is 3.88. The van der Waals surface area contributed by atoms with Gasteiger partial charge in [-0.3, -0.25) is 0 Å². The number of nitrogens with one attached hydrogen (secondary N) is 1. The molecule has 1 heterocycles. The lowest BCUT2D eigenvalue weighted by atomic mass is 9.95. The summed E-state index contributed by atoms with van der Waals surface area (Å²) in [5.41, 5.74) is 9.51. The van der Waals surface area contributed by atoms with Crippen molar-refractivity contribution in [1.29, 1.82) is 0 Å². The van der Waals surface area contributed by atoms with Gasteiger partial charge < -0.3 is 15.8 Å². The number of nitrogens with zero attached hydrogens (tertiary/aromatic N) is 1. The quantitative estimate of drug-likeness (QED) is 0.345. The molecule has 164 valence electrons. The van der Waals surface area contributed by atoms with Gasteiger partial charge in [-0.15, -0.1) is 0 Å². The highest BCUT2D eigenvalue weighted by molar-refractivity contribution is 7.89. The molecule has 0 radical (unpaired) electrons. The molecule has 0 saturated heterocycles. The van der Waals surface area contributed by atoms with Crippen LogP contribution in [0.3, 0.4) is 0 Å². The molecule has 6 N–H and O–H groups in total. The number of hydrogen-bond donors (Lipinski definition) is 4. The van der Waals surface area contributed by atoms with Crippen LogP contribution < -0.4 is 10.9 Å². The Hall–Kier alpha value is -3.46. The second-order valence-corrected chi connectivity index (χ2v) is 9.76. The number of sulfonamides is 1. The van der Waals surface area contributed by atoms with Gasteiger partial charge in [-0.1, -0.05) is 42.5 Å². The van der Waals surface area contributed by atoms with Gasteiger partial charge in [0, 0.05) is 22.0 Å². The zero-order chi connectivity index (χ0) is 23.1. The maximum Gasteiger partial charge on any atom is 0.238 e. The van der Waals surface area contributed by atoms with E-state index in [0.29, 0.717) is 27.9 Å². The topological polar surface area (TPSA) is 135 Å². The van der Waals surface area contributed by atoms with Crippen molar-refractivity contribution in [2.75, 3.05) is 0 Å². The molecule has 1 aromatic heterocycles. The first-order valence-corrected chi connectivity index (χ1v) is 11.5. The fourth-order valence-corrected chi connectivity index (χ4v) is 4.07. The van der Waals surface area contributed by atoms with E-state index in [-0.39, 0.29) is 10.8 Å². The average Bonchev–Trinajstić information content (AvgIpc) is 3.06. The maximum atomic E-state index is 11.9. The summed E-state index contributed by atoms with van der Waals surface area (Å²) >= 11 is 0. The molecule has 7 nitrogen and oxygen atoms in total. The summed E-state index contributed by atoms with van der Waals surface area (Å²) in [6.07, 6.45) is 0. The summed E-state index contributed by atoms with van der Waals surface area (Å²) < 4.78 is 23.8. The molecule has 32 heavy (non-hydrogen) atoms. The van der Waals surface area contributed by atoms with E-state index >= 15 is 0 Å². The number of aliphatic imine (C=N–C) groups is 1. The second-order valence-electron chi connectivity index (χ2n) is 8.20. The lowest BCUT2D eigenvalue weighted by molar-refractivity contribution is 0.457. The normalized spacial score (nSPS) is 12.9. The number of benzene rings is 3. The van der Waals surface area contributed by atoms with E-state index in [2.05, 4.69) is 4.98 Å². The van der Waals surface area contributed by atoms with Crippen molar-refractivity contribution in [2.45, 2.75) is 24.3 Å². The van der Waals surface area contributed by atoms with Gasteiger partial charge in [0.25, 0.3) is 0 Å². The SMILES string of the molecule is CC(C)(N)c1ccc(N=C(c2ccccc2)c2c(O)[nH]c3ccc(S(N)(=O)=O)cc23)cc1. The van der Waals surface area contributed by atoms with Gasteiger partial charge in [-0.2, -0.15) is 0 Å². The van der Waals surface area contributed by atoms with Gasteiger partial charge in [0.2, 0.25) is 10.0 Å². The minimum absolute atomic E-state index is 0.0489. The van der Waals surface area contributed by atoms with E-state index < -0.39 is 15.6 Å². The van der Waals surface area contributed by atoms with Crippen molar-refractivity contribution in [1.82, 2.24) is 4.98 Å². The standard InChI is InChI=1S/C24H24N4O3S/c1-24(2,25)16-8-10-17(11-9-16)27-22(15-6-4-3-5-7-15)21-19-14-18(32(26,30)31)12-13-20(19)28-23(21)29/h3-14,28-29H,25H2,1-2H3,(H2,26,30,31). The van der Waals surface area contributed by atoms with Gasteiger partial charge in [0.15, 0.2) is 5.88 Å². The van der Waals surface area contributed by atoms with Gasteiger partial charge >= 0.3 is 0 Å². The number of hydrogen-bond acceptors (Lipinski definition) is 5. The number of primary sulfonamides is 1. The fraction of sp³-hybridized carbons (Fsp3) is 0.125. The Kier molecular flexibility index (Phi) is 5.37. The molecule has 0 amide bonds. The van der Waals surface area contributed by atoms with Crippen LogP contribution in [0.15, 0.2) is 82.7 Å².